The van der Waals surface area contributed by atoms with Gasteiger partial charge in [0.05, 0.1) is 11.8 Å². The van der Waals surface area contributed by atoms with Crippen LogP contribution in [-0.2, 0) is 0 Å². The number of halogens is 2. The maximum atomic E-state index is 13.2. The monoisotopic (exact) mass is 223 g/mol. The van der Waals surface area contributed by atoms with E-state index in [1.54, 1.807) is 0 Å². The summed E-state index contributed by atoms with van der Waals surface area (Å²) in [6, 6.07) is 4.18. The molecule has 16 heavy (non-hydrogen) atoms. The van der Waals surface area contributed by atoms with Crippen LogP contribution in [0.5, 0.6) is 0 Å². The maximum absolute atomic E-state index is 13.2. The summed E-state index contributed by atoms with van der Waals surface area (Å²) in [4.78, 5) is 11.5. The van der Waals surface area contributed by atoms with E-state index < -0.39 is 17.5 Å². The SMILES string of the molecule is O=C(Nc1ccn[nH]1)c1cc(F)ccc1F. The largest absolute Gasteiger partial charge is 0.307 e. The summed E-state index contributed by atoms with van der Waals surface area (Å²) >= 11 is 0. The third-order valence-corrected chi connectivity index (χ3v) is 1.92. The van der Waals surface area contributed by atoms with Gasteiger partial charge in [-0.1, -0.05) is 0 Å². The topological polar surface area (TPSA) is 57.8 Å². The third kappa shape index (κ3) is 2.05. The summed E-state index contributed by atoms with van der Waals surface area (Å²) in [5, 5.41) is 8.42. The van der Waals surface area contributed by atoms with Crippen molar-refractivity contribution in [3.05, 3.63) is 47.7 Å². The molecule has 0 aliphatic heterocycles. The number of carbonyl (C=O) groups excluding carboxylic acids is 1. The highest BCUT2D eigenvalue weighted by atomic mass is 19.1. The van der Waals surface area contributed by atoms with Crippen LogP contribution in [0.25, 0.3) is 0 Å². The zero-order chi connectivity index (χ0) is 11.5. The minimum atomic E-state index is -0.779. The molecule has 0 unspecified atom stereocenters. The van der Waals surface area contributed by atoms with E-state index in [2.05, 4.69) is 15.5 Å². The summed E-state index contributed by atoms with van der Waals surface area (Å²) in [5.41, 5.74) is -0.352. The Labute approximate surface area is 89.3 Å². The molecule has 0 aliphatic rings. The van der Waals surface area contributed by atoms with E-state index in [1.165, 1.54) is 12.3 Å². The van der Waals surface area contributed by atoms with Gasteiger partial charge in [-0.3, -0.25) is 9.89 Å². The normalized spacial score (nSPS) is 10.1. The Balaban J connectivity index is 2.24. The lowest BCUT2D eigenvalue weighted by Gasteiger charge is -2.03. The van der Waals surface area contributed by atoms with Crippen molar-refractivity contribution in [3.63, 3.8) is 0 Å². The molecule has 0 atom stereocenters. The molecule has 2 N–H and O–H groups in total. The van der Waals surface area contributed by atoms with E-state index in [1.807, 2.05) is 0 Å². The van der Waals surface area contributed by atoms with E-state index in [4.69, 9.17) is 0 Å². The number of amides is 1. The van der Waals surface area contributed by atoms with Crippen LogP contribution >= 0.6 is 0 Å². The second kappa shape index (κ2) is 4.09. The summed E-state index contributed by atoms with van der Waals surface area (Å²) in [5.74, 6) is -1.87. The second-order valence-electron chi connectivity index (χ2n) is 3.05. The van der Waals surface area contributed by atoms with Crippen LogP contribution in [-0.4, -0.2) is 16.1 Å². The highest BCUT2D eigenvalue weighted by Gasteiger charge is 2.13. The molecule has 0 radical (unpaired) electrons. The molecule has 2 rings (SSSR count). The lowest BCUT2D eigenvalue weighted by atomic mass is 10.2. The van der Waals surface area contributed by atoms with Crippen molar-refractivity contribution in [1.82, 2.24) is 10.2 Å². The molecule has 1 aromatic carbocycles. The number of nitrogens with zero attached hydrogens (tertiary/aromatic N) is 1. The van der Waals surface area contributed by atoms with Crippen molar-refractivity contribution in [2.75, 3.05) is 5.32 Å². The van der Waals surface area contributed by atoms with Gasteiger partial charge in [-0.25, -0.2) is 8.78 Å². The number of H-pyrrole nitrogens is 1. The first kappa shape index (κ1) is 10.3. The smallest absolute Gasteiger partial charge is 0.259 e. The van der Waals surface area contributed by atoms with Gasteiger partial charge in [-0.05, 0) is 18.2 Å². The Bertz CT molecular complexity index is 511. The van der Waals surface area contributed by atoms with Gasteiger partial charge >= 0.3 is 0 Å². The van der Waals surface area contributed by atoms with Crippen molar-refractivity contribution < 1.29 is 13.6 Å². The maximum Gasteiger partial charge on any atom is 0.259 e. The van der Waals surface area contributed by atoms with Gasteiger partial charge in [-0.2, -0.15) is 5.10 Å². The molecule has 1 aromatic heterocycles. The molecule has 6 heteroatoms. The zero-order valence-electron chi connectivity index (χ0n) is 8.00. The van der Waals surface area contributed by atoms with Crippen molar-refractivity contribution in [3.8, 4) is 0 Å². The van der Waals surface area contributed by atoms with Crippen molar-refractivity contribution in [2.24, 2.45) is 0 Å². The Kier molecular flexibility index (Phi) is 2.63. The molecule has 0 aliphatic carbocycles. The molecule has 0 fully saturated rings. The number of aromatic nitrogens is 2. The van der Waals surface area contributed by atoms with Crippen molar-refractivity contribution in [2.45, 2.75) is 0 Å². The number of carbonyl (C=O) groups is 1. The Morgan fingerprint density at radius 2 is 2.12 bits per heavy atom. The molecule has 2 aromatic rings. The number of benzene rings is 1. The van der Waals surface area contributed by atoms with Gasteiger partial charge in [0, 0.05) is 6.07 Å². The minimum absolute atomic E-state index is 0.314. The summed E-state index contributed by atoms with van der Waals surface area (Å²) in [6.45, 7) is 0. The lowest BCUT2D eigenvalue weighted by molar-refractivity contribution is 0.102. The standard InChI is InChI=1S/C10H7F2N3O/c11-6-1-2-8(12)7(5-6)10(16)14-9-3-4-13-15-9/h1-5H,(H2,13,14,15,16). The van der Waals surface area contributed by atoms with Crippen LogP contribution in [0.1, 0.15) is 10.4 Å². The molecule has 1 amide bonds. The molecule has 0 bridgehead atoms. The fourth-order valence-corrected chi connectivity index (χ4v) is 1.19. The summed E-state index contributed by atoms with van der Waals surface area (Å²) in [6.07, 6.45) is 1.43. The van der Waals surface area contributed by atoms with Crippen LogP contribution in [0.2, 0.25) is 0 Å². The fourth-order valence-electron chi connectivity index (χ4n) is 1.19. The summed E-state index contributed by atoms with van der Waals surface area (Å²) < 4.78 is 26.0. The number of anilines is 1. The molecule has 82 valence electrons. The number of hydrogen-bond donors (Lipinski definition) is 2. The van der Waals surface area contributed by atoms with Crippen LogP contribution in [0.3, 0.4) is 0 Å². The average Bonchev–Trinajstić information content (AvgIpc) is 2.74. The van der Waals surface area contributed by atoms with Gasteiger partial charge in [0.15, 0.2) is 0 Å². The molecular weight excluding hydrogens is 216 g/mol. The highest BCUT2D eigenvalue weighted by molar-refractivity contribution is 6.03. The first-order valence-corrected chi connectivity index (χ1v) is 4.42. The van der Waals surface area contributed by atoms with Crippen LogP contribution in [0, 0.1) is 11.6 Å². The van der Waals surface area contributed by atoms with Crippen molar-refractivity contribution >= 4 is 11.7 Å². The Morgan fingerprint density at radius 1 is 1.31 bits per heavy atom. The summed E-state index contributed by atoms with van der Waals surface area (Å²) in [7, 11) is 0. The number of hydrogen-bond acceptors (Lipinski definition) is 2. The molecular formula is C10H7F2N3O. The van der Waals surface area contributed by atoms with Gasteiger partial charge in [0.2, 0.25) is 0 Å². The molecule has 1 heterocycles. The van der Waals surface area contributed by atoms with Crippen LogP contribution in [0.15, 0.2) is 30.5 Å². The number of nitrogens with one attached hydrogen (secondary N) is 2. The van der Waals surface area contributed by atoms with Gasteiger partial charge in [0.25, 0.3) is 5.91 Å². The highest BCUT2D eigenvalue weighted by Crippen LogP contribution is 2.11. The van der Waals surface area contributed by atoms with E-state index in [9.17, 15) is 13.6 Å². The first-order valence-electron chi connectivity index (χ1n) is 4.42. The quantitative estimate of drug-likeness (QED) is 0.817. The minimum Gasteiger partial charge on any atom is -0.307 e. The van der Waals surface area contributed by atoms with E-state index >= 15 is 0 Å². The van der Waals surface area contributed by atoms with Gasteiger partial charge < -0.3 is 5.32 Å². The van der Waals surface area contributed by atoms with E-state index in [-0.39, 0.29) is 5.56 Å². The zero-order valence-corrected chi connectivity index (χ0v) is 8.00. The predicted molar refractivity (Wildman–Crippen MR) is 52.9 cm³/mol. The molecule has 0 saturated heterocycles. The molecule has 4 nitrogen and oxygen atoms in total. The molecule has 0 spiro atoms. The number of aromatic amines is 1. The van der Waals surface area contributed by atoms with Crippen molar-refractivity contribution in [1.29, 1.82) is 0 Å². The first-order chi connectivity index (χ1) is 7.66. The van der Waals surface area contributed by atoms with E-state index in [0.29, 0.717) is 5.82 Å². The van der Waals surface area contributed by atoms with Crippen LogP contribution < -0.4 is 5.32 Å². The van der Waals surface area contributed by atoms with Crippen LogP contribution in [0.4, 0.5) is 14.6 Å². The fraction of sp³-hybridized carbons (Fsp3) is 0. The van der Waals surface area contributed by atoms with E-state index in [0.717, 1.165) is 18.2 Å². The number of rotatable bonds is 2. The lowest BCUT2D eigenvalue weighted by Crippen LogP contribution is -2.14. The van der Waals surface area contributed by atoms with Gasteiger partial charge in [0.1, 0.15) is 17.5 Å². The average molecular weight is 223 g/mol. The predicted octanol–water partition coefficient (Wildman–Crippen LogP) is 1.94. The molecule has 0 saturated carbocycles. The second-order valence-corrected chi connectivity index (χ2v) is 3.05. The Morgan fingerprint density at radius 3 is 2.81 bits per heavy atom. The Hall–Kier alpha value is -2.24. The van der Waals surface area contributed by atoms with Gasteiger partial charge in [-0.15, -0.1) is 0 Å². The third-order valence-electron chi connectivity index (χ3n) is 1.92.